The Morgan fingerprint density at radius 3 is 2.45 bits per heavy atom. The molecule has 0 bridgehead atoms. The molecule has 102 valence electrons. The molecule has 1 N–H and O–H groups in total. The van der Waals surface area contributed by atoms with E-state index < -0.39 is 6.10 Å². The number of hydrogen-bond donors (Lipinski definition) is 1. The van der Waals surface area contributed by atoms with Gasteiger partial charge in [-0.05, 0) is 43.2 Å². The number of nitriles is 1. The lowest BCUT2D eigenvalue weighted by Gasteiger charge is -2.13. The second-order valence-electron chi connectivity index (χ2n) is 4.64. The highest BCUT2D eigenvalue weighted by molar-refractivity contribution is 5.45. The fourth-order valence-corrected chi connectivity index (χ4v) is 1.96. The van der Waals surface area contributed by atoms with E-state index in [-0.39, 0.29) is 0 Å². The number of ether oxygens (including phenoxy) is 1. The van der Waals surface area contributed by atoms with Gasteiger partial charge in [-0.2, -0.15) is 5.26 Å². The summed E-state index contributed by atoms with van der Waals surface area (Å²) in [6.07, 6.45) is 0.330. The van der Waals surface area contributed by atoms with Crippen LogP contribution in [0, 0.1) is 11.3 Å². The van der Waals surface area contributed by atoms with E-state index in [1.807, 2.05) is 24.3 Å². The minimum absolute atomic E-state index is 0.509. The van der Waals surface area contributed by atoms with E-state index in [1.165, 1.54) is 5.56 Å². The van der Waals surface area contributed by atoms with Gasteiger partial charge in [0.1, 0.15) is 11.5 Å². The van der Waals surface area contributed by atoms with Crippen LogP contribution in [-0.4, -0.2) is 5.11 Å². The van der Waals surface area contributed by atoms with Crippen molar-refractivity contribution in [3.63, 3.8) is 0 Å². The molecule has 0 radical (unpaired) electrons. The summed E-state index contributed by atoms with van der Waals surface area (Å²) in [5.41, 5.74) is 2.41. The molecule has 1 atom stereocenters. The zero-order valence-corrected chi connectivity index (χ0v) is 11.6. The van der Waals surface area contributed by atoms with Gasteiger partial charge >= 0.3 is 0 Å². The van der Waals surface area contributed by atoms with Crippen LogP contribution in [0.3, 0.4) is 0 Å². The van der Waals surface area contributed by atoms with Crippen molar-refractivity contribution in [3.05, 3.63) is 59.2 Å². The molecular formula is C17H17NO2. The molecule has 0 aliphatic heterocycles. The smallest absolute Gasteiger partial charge is 0.134 e. The van der Waals surface area contributed by atoms with Gasteiger partial charge in [0.15, 0.2) is 0 Å². The third kappa shape index (κ3) is 3.17. The van der Waals surface area contributed by atoms with Crippen molar-refractivity contribution in [1.29, 1.82) is 5.26 Å². The van der Waals surface area contributed by atoms with Gasteiger partial charge in [0.25, 0.3) is 0 Å². The lowest BCUT2D eigenvalue weighted by molar-refractivity contribution is 0.195. The Morgan fingerprint density at radius 2 is 1.90 bits per heavy atom. The molecule has 0 aliphatic rings. The van der Waals surface area contributed by atoms with Crippen LogP contribution in [0.2, 0.25) is 0 Å². The number of hydrogen-bond acceptors (Lipinski definition) is 3. The second-order valence-corrected chi connectivity index (χ2v) is 4.64. The van der Waals surface area contributed by atoms with E-state index >= 15 is 0 Å². The van der Waals surface area contributed by atoms with Gasteiger partial charge in [0.2, 0.25) is 0 Å². The van der Waals surface area contributed by atoms with Crippen LogP contribution in [0.1, 0.15) is 36.6 Å². The quantitative estimate of drug-likeness (QED) is 0.912. The van der Waals surface area contributed by atoms with Crippen molar-refractivity contribution in [1.82, 2.24) is 0 Å². The molecule has 0 saturated heterocycles. The van der Waals surface area contributed by atoms with Gasteiger partial charge in [-0.25, -0.2) is 0 Å². The lowest BCUT2D eigenvalue weighted by atomic mass is 10.1. The summed E-state index contributed by atoms with van der Waals surface area (Å²) in [5, 5.41) is 18.7. The summed E-state index contributed by atoms with van der Waals surface area (Å²) < 4.78 is 5.80. The molecular weight excluding hydrogens is 250 g/mol. The third-order valence-corrected chi connectivity index (χ3v) is 3.15. The van der Waals surface area contributed by atoms with Crippen LogP contribution in [-0.2, 0) is 6.42 Å². The summed E-state index contributed by atoms with van der Waals surface area (Å²) in [5.74, 6) is 1.21. The van der Waals surface area contributed by atoms with Gasteiger partial charge in [-0.3, -0.25) is 0 Å². The largest absolute Gasteiger partial charge is 0.457 e. The number of aliphatic hydroxyl groups is 1. The van der Waals surface area contributed by atoms with Crippen LogP contribution < -0.4 is 4.74 Å². The molecule has 3 nitrogen and oxygen atoms in total. The van der Waals surface area contributed by atoms with E-state index in [2.05, 4.69) is 13.0 Å². The van der Waals surface area contributed by atoms with E-state index in [4.69, 9.17) is 10.00 Å². The molecule has 20 heavy (non-hydrogen) atoms. The minimum atomic E-state index is -0.646. The normalized spacial score (nSPS) is 11.7. The van der Waals surface area contributed by atoms with Crippen molar-refractivity contribution in [2.24, 2.45) is 0 Å². The highest BCUT2D eigenvalue weighted by atomic mass is 16.5. The summed E-state index contributed by atoms with van der Waals surface area (Å²) in [4.78, 5) is 0. The van der Waals surface area contributed by atoms with Crippen molar-refractivity contribution in [2.45, 2.75) is 26.4 Å². The fourth-order valence-electron chi connectivity index (χ4n) is 1.96. The Kier molecular flexibility index (Phi) is 4.39. The van der Waals surface area contributed by atoms with E-state index in [1.54, 1.807) is 25.1 Å². The first kappa shape index (κ1) is 14.1. The van der Waals surface area contributed by atoms with Crippen LogP contribution in [0.5, 0.6) is 11.5 Å². The summed E-state index contributed by atoms with van der Waals surface area (Å²) in [6, 6.07) is 14.9. The van der Waals surface area contributed by atoms with E-state index in [0.717, 1.165) is 6.42 Å². The topological polar surface area (TPSA) is 53.2 Å². The molecule has 2 aromatic carbocycles. The molecule has 2 rings (SSSR count). The number of aryl methyl sites for hydroxylation is 1. The molecule has 0 unspecified atom stereocenters. The van der Waals surface area contributed by atoms with Gasteiger partial charge in [0.05, 0.1) is 17.7 Å². The predicted molar refractivity (Wildman–Crippen MR) is 77.7 cm³/mol. The standard InChI is InChI=1S/C17H17NO2/c1-3-13-4-7-15(8-5-13)20-17-10-14(11-18)6-9-16(17)12(2)19/h4-10,12,19H,3H2,1-2H3/t12-/m0/s1. The molecule has 0 fully saturated rings. The SMILES string of the molecule is CCc1ccc(Oc2cc(C#N)ccc2[C@H](C)O)cc1. The Hall–Kier alpha value is -2.31. The summed E-state index contributed by atoms with van der Waals surface area (Å²) >= 11 is 0. The number of benzene rings is 2. The van der Waals surface area contributed by atoms with Gasteiger partial charge in [-0.15, -0.1) is 0 Å². The summed E-state index contributed by atoms with van der Waals surface area (Å²) in [7, 11) is 0. The van der Waals surface area contributed by atoms with Crippen LogP contribution in [0.4, 0.5) is 0 Å². The second kappa shape index (κ2) is 6.23. The number of nitrogens with zero attached hydrogens (tertiary/aromatic N) is 1. The fraction of sp³-hybridized carbons (Fsp3) is 0.235. The van der Waals surface area contributed by atoms with Gasteiger partial charge in [-0.1, -0.05) is 25.1 Å². The molecule has 0 spiro atoms. The Balaban J connectivity index is 2.33. The first-order valence-corrected chi connectivity index (χ1v) is 6.63. The maximum atomic E-state index is 9.77. The van der Waals surface area contributed by atoms with E-state index in [0.29, 0.717) is 22.6 Å². The Labute approximate surface area is 119 Å². The molecule has 3 heteroatoms. The minimum Gasteiger partial charge on any atom is -0.457 e. The maximum Gasteiger partial charge on any atom is 0.134 e. The van der Waals surface area contributed by atoms with Gasteiger partial charge in [0, 0.05) is 5.56 Å². The monoisotopic (exact) mass is 267 g/mol. The maximum absolute atomic E-state index is 9.77. The molecule has 2 aromatic rings. The zero-order valence-electron chi connectivity index (χ0n) is 11.6. The van der Waals surface area contributed by atoms with Crippen molar-refractivity contribution >= 4 is 0 Å². The first-order chi connectivity index (χ1) is 9.63. The van der Waals surface area contributed by atoms with Crippen molar-refractivity contribution in [2.75, 3.05) is 0 Å². The highest BCUT2D eigenvalue weighted by Crippen LogP contribution is 2.30. The molecule has 0 amide bonds. The van der Waals surface area contributed by atoms with Crippen LogP contribution >= 0.6 is 0 Å². The number of rotatable bonds is 4. The molecule has 0 heterocycles. The van der Waals surface area contributed by atoms with Crippen LogP contribution in [0.15, 0.2) is 42.5 Å². The van der Waals surface area contributed by atoms with Crippen LogP contribution in [0.25, 0.3) is 0 Å². The number of aliphatic hydroxyl groups excluding tert-OH is 1. The summed E-state index contributed by atoms with van der Waals surface area (Å²) in [6.45, 7) is 3.77. The van der Waals surface area contributed by atoms with E-state index in [9.17, 15) is 5.11 Å². The van der Waals surface area contributed by atoms with Crippen molar-refractivity contribution < 1.29 is 9.84 Å². The first-order valence-electron chi connectivity index (χ1n) is 6.63. The lowest BCUT2D eigenvalue weighted by Crippen LogP contribution is -1.97. The van der Waals surface area contributed by atoms with Crippen molar-refractivity contribution in [3.8, 4) is 17.6 Å². The third-order valence-electron chi connectivity index (χ3n) is 3.15. The molecule has 0 aromatic heterocycles. The molecule has 0 saturated carbocycles. The Morgan fingerprint density at radius 1 is 1.20 bits per heavy atom. The highest BCUT2D eigenvalue weighted by Gasteiger charge is 2.11. The zero-order chi connectivity index (χ0) is 14.5. The van der Waals surface area contributed by atoms with Gasteiger partial charge < -0.3 is 9.84 Å². The average Bonchev–Trinajstić information content (AvgIpc) is 2.47. The Bertz CT molecular complexity index is 624. The predicted octanol–water partition coefficient (Wildman–Crippen LogP) is 3.97. The molecule has 0 aliphatic carbocycles. The average molecular weight is 267 g/mol.